The van der Waals surface area contributed by atoms with Crippen molar-refractivity contribution in [2.24, 2.45) is 0 Å². The van der Waals surface area contributed by atoms with Gasteiger partial charge in [0, 0.05) is 16.3 Å². The van der Waals surface area contributed by atoms with Crippen molar-refractivity contribution in [2.75, 3.05) is 0 Å². The third kappa shape index (κ3) is 3.92. The minimum atomic E-state index is -0.178. The fourth-order valence-corrected chi connectivity index (χ4v) is 3.33. The molecule has 0 aliphatic rings. The average Bonchev–Trinajstić information content (AvgIpc) is 3.08. The highest BCUT2D eigenvalue weighted by atomic mass is 32.1. The van der Waals surface area contributed by atoms with Crippen molar-refractivity contribution in [1.29, 1.82) is 0 Å². The Morgan fingerprint density at radius 2 is 2.40 bits per heavy atom. The lowest BCUT2D eigenvalue weighted by Gasteiger charge is -2.11. The summed E-state index contributed by atoms with van der Waals surface area (Å²) in [6, 6.07) is 1.85. The molecule has 0 aliphatic heterocycles. The van der Waals surface area contributed by atoms with E-state index in [1.54, 1.807) is 22.7 Å². The molecule has 0 spiro atoms. The Morgan fingerprint density at radius 3 is 3.05 bits per heavy atom. The number of amides is 1. The molecule has 0 saturated heterocycles. The Balaban J connectivity index is 1.94. The number of hydrogen-bond acceptors (Lipinski definition) is 4. The summed E-state index contributed by atoms with van der Waals surface area (Å²) in [5.41, 5.74) is 1.90. The van der Waals surface area contributed by atoms with Crippen LogP contribution in [-0.4, -0.2) is 16.9 Å². The van der Waals surface area contributed by atoms with Crippen LogP contribution in [0.25, 0.3) is 10.6 Å². The molecule has 0 aliphatic carbocycles. The van der Waals surface area contributed by atoms with Gasteiger partial charge < -0.3 is 5.32 Å². The summed E-state index contributed by atoms with van der Waals surface area (Å²) in [7, 11) is 0. The molecule has 2 aromatic heterocycles. The Hall–Kier alpha value is -1.64. The lowest BCUT2D eigenvalue weighted by atomic mass is 10.1. The van der Waals surface area contributed by atoms with E-state index in [0.717, 1.165) is 29.1 Å². The van der Waals surface area contributed by atoms with Gasteiger partial charge in [-0.3, -0.25) is 4.79 Å². The van der Waals surface area contributed by atoms with Gasteiger partial charge in [0.15, 0.2) is 0 Å². The van der Waals surface area contributed by atoms with E-state index in [1.165, 1.54) is 0 Å². The number of rotatable bonds is 6. The molecule has 0 bridgehead atoms. The highest BCUT2D eigenvalue weighted by Gasteiger charge is 2.12. The van der Waals surface area contributed by atoms with Crippen LogP contribution in [0.1, 0.15) is 25.5 Å². The lowest BCUT2D eigenvalue weighted by molar-refractivity contribution is -0.120. The fourth-order valence-electron chi connectivity index (χ4n) is 1.80. The zero-order chi connectivity index (χ0) is 14.4. The van der Waals surface area contributed by atoms with E-state index in [0.29, 0.717) is 0 Å². The molecule has 104 valence electrons. The van der Waals surface area contributed by atoms with Crippen molar-refractivity contribution in [3.05, 3.63) is 27.9 Å². The molecular weight excluding hydrogens is 288 g/mol. The second kappa shape index (κ2) is 7.22. The zero-order valence-electron chi connectivity index (χ0n) is 11.3. The largest absolute Gasteiger partial charge is 0.342 e. The van der Waals surface area contributed by atoms with Crippen molar-refractivity contribution in [2.45, 2.75) is 32.2 Å². The van der Waals surface area contributed by atoms with Gasteiger partial charge in [-0.05, 0) is 17.9 Å². The predicted molar refractivity (Wildman–Crippen MR) is 84.8 cm³/mol. The van der Waals surface area contributed by atoms with E-state index in [-0.39, 0.29) is 18.4 Å². The third-order valence-electron chi connectivity index (χ3n) is 2.78. The van der Waals surface area contributed by atoms with Crippen LogP contribution >= 0.6 is 22.7 Å². The lowest BCUT2D eigenvalue weighted by Crippen LogP contribution is -2.34. The Kier molecular flexibility index (Phi) is 5.33. The summed E-state index contributed by atoms with van der Waals surface area (Å²) < 4.78 is 0. The molecule has 2 rings (SSSR count). The van der Waals surface area contributed by atoms with Gasteiger partial charge in [0.2, 0.25) is 5.91 Å². The van der Waals surface area contributed by atoms with Crippen molar-refractivity contribution in [1.82, 2.24) is 10.3 Å². The fraction of sp³-hybridized carbons (Fsp3) is 0.333. The van der Waals surface area contributed by atoms with Gasteiger partial charge in [0.25, 0.3) is 0 Å². The maximum absolute atomic E-state index is 11.9. The van der Waals surface area contributed by atoms with Crippen molar-refractivity contribution in [3.63, 3.8) is 0 Å². The minimum absolute atomic E-state index is 0.0661. The number of carbonyl (C=O) groups is 1. The zero-order valence-corrected chi connectivity index (χ0v) is 12.9. The molecule has 2 heterocycles. The average molecular weight is 304 g/mol. The molecular formula is C15H16N2OS2. The first-order valence-corrected chi connectivity index (χ1v) is 8.27. The van der Waals surface area contributed by atoms with E-state index in [9.17, 15) is 4.79 Å². The summed E-state index contributed by atoms with van der Waals surface area (Å²) in [5, 5.41) is 9.81. The standard InChI is InChI=1S/C15H16N2OS2/c1-3-5-12(4-2)16-14(18)8-13-10-20-15(17-13)11-6-7-19-9-11/h2,6-7,9-10,12H,3,5,8H2,1H3,(H,16,18)/t12-/m0/s1. The number of hydrogen-bond donors (Lipinski definition) is 1. The van der Waals surface area contributed by atoms with E-state index in [2.05, 4.69) is 21.6 Å². The van der Waals surface area contributed by atoms with E-state index in [1.807, 2.05) is 23.8 Å². The number of thiazole rings is 1. The van der Waals surface area contributed by atoms with Crippen LogP contribution in [0.15, 0.2) is 22.2 Å². The van der Waals surface area contributed by atoms with Crippen LogP contribution in [-0.2, 0) is 11.2 Å². The number of aromatic nitrogens is 1. The van der Waals surface area contributed by atoms with Crippen molar-refractivity contribution < 1.29 is 4.79 Å². The summed E-state index contributed by atoms with van der Waals surface area (Å²) in [5.74, 6) is 2.53. The molecule has 20 heavy (non-hydrogen) atoms. The maximum Gasteiger partial charge on any atom is 0.227 e. The Bertz CT molecular complexity index is 596. The molecule has 0 fully saturated rings. The summed E-state index contributed by atoms with van der Waals surface area (Å²) >= 11 is 3.20. The molecule has 0 radical (unpaired) electrons. The van der Waals surface area contributed by atoms with Crippen LogP contribution in [0.4, 0.5) is 0 Å². The molecule has 1 N–H and O–H groups in total. The van der Waals surface area contributed by atoms with Gasteiger partial charge >= 0.3 is 0 Å². The smallest absolute Gasteiger partial charge is 0.227 e. The first kappa shape index (κ1) is 14.8. The van der Waals surface area contributed by atoms with Gasteiger partial charge in [-0.25, -0.2) is 4.98 Å². The van der Waals surface area contributed by atoms with E-state index < -0.39 is 0 Å². The molecule has 0 unspecified atom stereocenters. The normalized spacial score (nSPS) is 11.8. The maximum atomic E-state index is 11.9. The number of carbonyl (C=O) groups excluding carboxylic acids is 1. The van der Waals surface area contributed by atoms with E-state index in [4.69, 9.17) is 6.42 Å². The SMILES string of the molecule is C#C[C@@H](CCC)NC(=O)Cc1csc(-c2ccsc2)n1. The minimum Gasteiger partial charge on any atom is -0.342 e. The number of nitrogens with one attached hydrogen (secondary N) is 1. The van der Waals surface area contributed by atoms with Gasteiger partial charge in [0.1, 0.15) is 5.01 Å². The van der Waals surface area contributed by atoms with Crippen LogP contribution in [0, 0.1) is 12.3 Å². The quantitative estimate of drug-likeness (QED) is 0.832. The Labute approximate surface area is 127 Å². The van der Waals surface area contributed by atoms with Crippen LogP contribution in [0.5, 0.6) is 0 Å². The molecule has 2 aromatic rings. The molecule has 0 saturated carbocycles. The Morgan fingerprint density at radius 1 is 1.55 bits per heavy atom. The monoisotopic (exact) mass is 304 g/mol. The molecule has 0 aromatic carbocycles. The number of thiophene rings is 1. The molecule has 1 amide bonds. The number of terminal acetylenes is 1. The van der Waals surface area contributed by atoms with E-state index >= 15 is 0 Å². The van der Waals surface area contributed by atoms with Crippen molar-refractivity contribution >= 4 is 28.6 Å². The van der Waals surface area contributed by atoms with Crippen LogP contribution in [0.3, 0.4) is 0 Å². The molecule has 1 atom stereocenters. The van der Waals surface area contributed by atoms with Gasteiger partial charge in [-0.1, -0.05) is 19.3 Å². The van der Waals surface area contributed by atoms with Gasteiger partial charge in [0.05, 0.1) is 18.2 Å². The van der Waals surface area contributed by atoms with Crippen LogP contribution in [0.2, 0.25) is 0 Å². The molecule has 3 nitrogen and oxygen atoms in total. The number of nitrogens with zero attached hydrogens (tertiary/aromatic N) is 1. The topological polar surface area (TPSA) is 42.0 Å². The summed E-state index contributed by atoms with van der Waals surface area (Å²) in [6.45, 7) is 2.05. The summed E-state index contributed by atoms with van der Waals surface area (Å²) in [6.07, 6.45) is 7.43. The highest BCUT2D eigenvalue weighted by Crippen LogP contribution is 2.25. The van der Waals surface area contributed by atoms with Crippen LogP contribution < -0.4 is 5.32 Å². The summed E-state index contributed by atoms with van der Waals surface area (Å²) in [4.78, 5) is 16.4. The molecule has 5 heteroatoms. The third-order valence-corrected chi connectivity index (χ3v) is 4.40. The van der Waals surface area contributed by atoms with Gasteiger partial charge in [-0.15, -0.1) is 17.8 Å². The van der Waals surface area contributed by atoms with Gasteiger partial charge in [-0.2, -0.15) is 11.3 Å². The predicted octanol–water partition coefficient (Wildman–Crippen LogP) is 3.33. The first-order valence-electron chi connectivity index (χ1n) is 6.45. The first-order chi connectivity index (χ1) is 9.72. The second-order valence-corrected chi connectivity index (χ2v) is 6.05. The second-order valence-electron chi connectivity index (χ2n) is 4.41. The highest BCUT2D eigenvalue weighted by molar-refractivity contribution is 7.14. The van der Waals surface area contributed by atoms with Crippen molar-refractivity contribution in [3.8, 4) is 22.9 Å².